The van der Waals surface area contributed by atoms with Crippen LogP contribution in [-0.2, 0) is 0 Å². The Morgan fingerprint density at radius 3 is 2.64 bits per heavy atom. The molecule has 0 unspecified atom stereocenters. The molecule has 2 aromatic heterocycles. The molecule has 1 aliphatic heterocycles. The van der Waals surface area contributed by atoms with Crippen molar-refractivity contribution in [2.75, 3.05) is 6.54 Å². The third-order valence-electron chi connectivity index (χ3n) is 6.44. The van der Waals surface area contributed by atoms with Gasteiger partial charge in [0.25, 0.3) is 0 Å². The Bertz CT molecular complexity index is 1190. The third-order valence-corrected chi connectivity index (χ3v) is 6.79. The van der Waals surface area contributed by atoms with Crippen molar-refractivity contribution in [3.8, 4) is 5.69 Å². The molecule has 0 radical (unpaired) electrons. The molecular weight excluding hydrogens is 432 g/mol. The lowest BCUT2D eigenvalue weighted by Gasteiger charge is -2.28. The van der Waals surface area contributed by atoms with Gasteiger partial charge in [-0.1, -0.05) is 25.5 Å². The van der Waals surface area contributed by atoms with E-state index in [1.807, 2.05) is 37.4 Å². The molecule has 1 aromatic carbocycles. The number of aryl methyl sites for hydroxylation is 2. The van der Waals surface area contributed by atoms with Crippen molar-refractivity contribution in [2.24, 2.45) is 0 Å². The molecule has 0 amide bonds. The zero-order valence-corrected chi connectivity index (χ0v) is 20.3. The average molecular weight is 463 g/mol. The van der Waals surface area contributed by atoms with Gasteiger partial charge >= 0.3 is 5.97 Å². The van der Waals surface area contributed by atoms with E-state index in [0.717, 1.165) is 52.8 Å². The van der Waals surface area contributed by atoms with Gasteiger partial charge in [-0.15, -0.1) is 0 Å². The van der Waals surface area contributed by atoms with Crippen LogP contribution >= 0.6 is 12.2 Å². The summed E-state index contributed by atoms with van der Waals surface area (Å²) < 4.78 is 2.16. The van der Waals surface area contributed by atoms with Gasteiger partial charge in [0.1, 0.15) is 0 Å². The zero-order valence-electron chi connectivity index (χ0n) is 19.5. The summed E-state index contributed by atoms with van der Waals surface area (Å²) in [6.45, 7) is 9.23. The van der Waals surface area contributed by atoms with Crippen LogP contribution < -0.4 is 5.32 Å². The number of pyridine rings is 1. The van der Waals surface area contributed by atoms with E-state index >= 15 is 0 Å². The second-order valence-electron chi connectivity index (χ2n) is 8.64. The fraction of sp³-hybridized carbons (Fsp3) is 0.346. The maximum absolute atomic E-state index is 11.6. The van der Waals surface area contributed by atoms with Crippen molar-refractivity contribution in [3.05, 3.63) is 82.4 Å². The van der Waals surface area contributed by atoms with Crippen LogP contribution in [0.15, 0.2) is 48.7 Å². The molecule has 1 aliphatic rings. The minimum absolute atomic E-state index is 0.00172. The van der Waals surface area contributed by atoms with E-state index in [4.69, 9.17) is 12.2 Å². The Balaban J connectivity index is 1.85. The number of unbranched alkanes of at least 4 members (excludes halogenated alkanes) is 1. The predicted octanol–water partition coefficient (Wildman–Crippen LogP) is 5.27. The minimum atomic E-state index is -0.926. The molecule has 172 valence electrons. The highest BCUT2D eigenvalue weighted by molar-refractivity contribution is 7.80. The number of thiocarbonyl (C=S) groups is 1. The van der Waals surface area contributed by atoms with Crippen molar-refractivity contribution in [1.82, 2.24) is 19.8 Å². The summed E-state index contributed by atoms with van der Waals surface area (Å²) in [5.41, 5.74) is 6.46. The minimum Gasteiger partial charge on any atom is -0.478 e. The van der Waals surface area contributed by atoms with E-state index in [-0.39, 0.29) is 17.6 Å². The molecule has 6 nitrogen and oxygen atoms in total. The molecule has 2 N–H and O–H groups in total. The normalized spacial score (nSPS) is 17.9. The Kier molecular flexibility index (Phi) is 6.51. The predicted molar refractivity (Wildman–Crippen MR) is 134 cm³/mol. The number of carboxylic acid groups (broad SMARTS) is 1. The average Bonchev–Trinajstić information content (AvgIpc) is 3.28. The van der Waals surface area contributed by atoms with Crippen LogP contribution in [0.1, 0.15) is 70.4 Å². The molecule has 7 heteroatoms. The second-order valence-corrected chi connectivity index (χ2v) is 9.03. The number of benzene rings is 1. The van der Waals surface area contributed by atoms with E-state index in [9.17, 15) is 9.90 Å². The first-order valence-electron chi connectivity index (χ1n) is 11.3. The van der Waals surface area contributed by atoms with Gasteiger partial charge < -0.3 is 19.9 Å². The molecule has 0 saturated carbocycles. The molecule has 2 atom stereocenters. The lowest BCUT2D eigenvalue weighted by atomic mass is 9.96. The van der Waals surface area contributed by atoms with Crippen LogP contribution in [0.25, 0.3) is 5.69 Å². The standard InChI is InChI=1S/C26H30N4O2S/c1-5-6-13-29-24(23(28-26(29)33)21-9-7-8-12-27-21)20-14-17(3)30(18(20)4)22-15-19(25(31)32)11-10-16(22)2/h7-12,14-15,23-24H,5-6,13H2,1-4H3,(H,28,33)(H,31,32)/t23-,24-/m1/s1. The van der Waals surface area contributed by atoms with Crippen molar-refractivity contribution in [1.29, 1.82) is 0 Å². The highest BCUT2D eigenvalue weighted by Gasteiger charge is 2.41. The van der Waals surface area contributed by atoms with Crippen LogP contribution in [0.4, 0.5) is 0 Å². The summed E-state index contributed by atoms with van der Waals surface area (Å²) in [5.74, 6) is -0.926. The number of carboxylic acids is 1. The number of aromatic carboxylic acids is 1. The number of aromatic nitrogens is 2. The van der Waals surface area contributed by atoms with Gasteiger partial charge in [-0.05, 0) is 80.9 Å². The van der Waals surface area contributed by atoms with Crippen molar-refractivity contribution < 1.29 is 9.90 Å². The van der Waals surface area contributed by atoms with Crippen LogP contribution in [-0.4, -0.2) is 37.2 Å². The Hall–Kier alpha value is -3.19. The molecule has 33 heavy (non-hydrogen) atoms. The summed E-state index contributed by atoms with van der Waals surface area (Å²) in [6.07, 6.45) is 3.95. The van der Waals surface area contributed by atoms with Crippen LogP contribution in [0.3, 0.4) is 0 Å². The van der Waals surface area contributed by atoms with Gasteiger partial charge in [-0.3, -0.25) is 4.98 Å². The number of nitrogens with one attached hydrogen (secondary N) is 1. The molecule has 3 aromatic rings. The SMILES string of the molecule is CCCCN1C(=S)N[C@H](c2ccccn2)[C@H]1c1cc(C)n(-c2cc(C(=O)O)ccc2C)c1C. The molecule has 4 rings (SSSR count). The lowest BCUT2D eigenvalue weighted by molar-refractivity contribution is 0.0697. The molecular formula is C26H30N4O2S. The number of rotatable bonds is 7. The highest BCUT2D eigenvalue weighted by Crippen LogP contribution is 2.41. The summed E-state index contributed by atoms with van der Waals surface area (Å²) in [7, 11) is 0. The first-order chi connectivity index (χ1) is 15.8. The first kappa shape index (κ1) is 23.0. The fourth-order valence-corrected chi connectivity index (χ4v) is 5.09. The third kappa shape index (κ3) is 4.25. The number of hydrogen-bond acceptors (Lipinski definition) is 3. The molecule has 0 spiro atoms. The Morgan fingerprint density at radius 2 is 1.97 bits per heavy atom. The van der Waals surface area contributed by atoms with E-state index in [0.29, 0.717) is 0 Å². The lowest BCUT2D eigenvalue weighted by Crippen LogP contribution is -2.30. The van der Waals surface area contributed by atoms with Gasteiger partial charge in [-0.25, -0.2) is 4.79 Å². The fourth-order valence-electron chi connectivity index (χ4n) is 4.75. The number of carbonyl (C=O) groups is 1. The number of hydrogen-bond donors (Lipinski definition) is 2. The van der Waals surface area contributed by atoms with Crippen LogP contribution in [0.2, 0.25) is 0 Å². The molecule has 3 heterocycles. The maximum Gasteiger partial charge on any atom is 0.335 e. The van der Waals surface area contributed by atoms with Gasteiger partial charge in [0, 0.05) is 29.8 Å². The zero-order chi connectivity index (χ0) is 23.7. The van der Waals surface area contributed by atoms with Gasteiger partial charge in [0.05, 0.1) is 23.3 Å². The maximum atomic E-state index is 11.6. The van der Waals surface area contributed by atoms with Gasteiger partial charge in [0.15, 0.2) is 5.11 Å². The molecule has 1 fully saturated rings. The van der Waals surface area contributed by atoms with E-state index < -0.39 is 5.97 Å². The largest absolute Gasteiger partial charge is 0.478 e. The van der Waals surface area contributed by atoms with Crippen molar-refractivity contribution in [2.45, 2.75) is 52.6 Å². The quantitative estimate of drug-likeness (QED) is 0.466. The smallest absolute Gasteiger partial charge is 0.335 e. The highest BCUT2D eigenvalue weighted by atomic mass is 32.1. The Morgan fingerprint density at radius 1 is 1.18 bits per heavy atom. The summed E-state index contributed by atoms with van der Waals surface area (Å²) in [4.78, 5) is 18.5. The van der Waals surface area contributed by atoms with E-state index in [1.165, 1.54) is 5.56 Å². The van der Waals surface area contributed by atoms with Crippen LogP contribution in [0, 0.1) is 20.8 Å². The molecule has 0 aliphatic carbocycles. The summed E-state index contributed by atoms with van der Waals surface area (Å²) in [5, 5.41) is 13.8. The second kappa shape index (κ2) is 9.35. The van der Waals surface area contributed by atoms with Crippen LogP contribution in [0.5, 0.6) is 0 Å². The van der Waals surface area contributed by atoms with Gasteiger partial charge in [-0.2, -0.15) is 0 Å². The number of nitrogens with zero attached hydrogens (tertiary/aromatic N) is 3. The topological polar surface area (TPSA) is 70.4 Å². The Labute approximate surface area is 200 Å². The molecule has 1 saturated heterocycles. The van der Waals surface area contributed by atoms with E-state index in [2.05, 4.69) is 46.6 Å². The van der Waals surface area contributed by atoms with Crippen molar-refractivity contribution >= 4 is 23.3 Å². The summed E-state index contributed by atoms with van der Waals surface area (Å²) >= 11 is 5.77. The molecule has 0 bridgehead atoms. The van der Waals surface area contributed by atoms with Gasteiger partial charge in [0.2, 0.25) is 0 Å². The van der Waals surface area contributed by atoms with Crippen molar-refractivity contribution in [3.63, 3.8) is 0 Å². The monoisotopic (exact) mass is 462 g/mol. The summed E-state index contributed by atoms with van der Waals surface area (Å²) in [6, 6.07) is 13.4. The first-order valence-corrected chi connectivity index (χ1v) is 11.8. The van der Waals surface area contributed by atoms with E-state index in [1.54, 1.807) is 12.1 Å².